The fourth-order valence-electron chi connectivity index (χ4n) is 21.9. The van der Waals surface area contributed by atoms with E-state index in [2.05, 4.69) is 301 Å². The van der Waals surface area contributed by atoms with Gasteiger partial charge in [-0.3, -0.25) is 9.80 Å². The molecule has 8 atom stereocenters. The van der Waals surface area contributed by atoms with E-state index in [1.54, 1.807) is 23.5 Å². The van der Waals surface area contributed by atoms with E-state index in [-0.39, 0.29) is 34.3 Å². The number of fused-ring (bicyclic) bond motifs is 16. The molecule has 0 spiro atoms. The van der Waals surface area contributed by atoms with E-state index in [1.165, 1.54) is 212 Å². The van der Waals surface area contributed by atoms with Gasteiger partial charge in [-0.25, -0.2) is 0 Å². The van der Waals surface area contributed by atoms with Crippen molar-refractivity contribution < 1.29 is 24.3 Å². The Morgan fingerprint density at radius 3 is 1.04 bits per heavy atom. The molecule has 24 rings (SSSR count). The normalized spacial score (nSPS) is 22.9. The molecule has 130 heavy (non-hydrogen) atoms. The van der Waals surface area contributed by atoms with E-state index in [0.717, 1.165) is 45.9 Å². The topological polar surface area (TPSA) is 210 Å². The van der Waals surface area contributed by atoms with Crippen LogP contribution >= 0.6 is 63.0 Å². The van der Waals surface area contributed by atoms with Crippen molar-refractivity contribution in [2.45, 2.75) is 249 Å². The molecule has 8 fully saturated rings. The van der Waals surface area contributed by atoms with Gasteiger partial charge in [-0.1, -0.05) is 217 Å². The molecule has 0 saturated carbocycles. The number of halogens is 1. The van der Waals surface area contributed by atoms with E-state index in [0.29, 0.717) is 84.7 Å². The molecular formula is C107H109BrN16OS4Zn. The molecule has 23 heteroatoms. The summed E-state index contributed by atoms with van der Waals surface area (Å²) < 4.78 is 1.16. The Kier molecular flexibility index (Phi) is 32.1. The maximum atomic E-state index is 9.97. The zero-order valence-electron chi connectivity index (χ0n) is 71.6. The van der Waals surface area contributed by atoms with Crippen LogP contribution in [-0.4, -0.2) is 122 Å². The average Bonchev–Trinajstić information content (AvgIpc) is 1.08. The largest absolute Gasteiger partial charge is 2.00 e. The van der Waals surface area contributed by atoms with Gasteiger partial charge in [0.2, 0.25) is 5.82 Å². The van der Waals surface area contributed by atoms with Crippen molar-refractivity contribution in [3.8, 4) is 23.5 Å². The van der Waals surface area contributed by atoms with Gasteiger partial charge < -0.3 is 58.7 Å². The predicted molar refractivity (Wildman–Crippen MR) is 526 cm³/mol. The first-order chi connectivity index (χ1) is 62.7. The van der Waals surface area contributed by atoms with E-state index >= 15 is 0 Å². The van der Waals surface area contributed by atoms with Crippen LogP contribution in [0.5, 0.6) is 0 Å². The first-order valence-electron chi connectivity index (χ1n) is 44.7. The molecule has 0 aliphatic carbocycles. The summed E-state index contributed by atoms with van der Waals surface area (Å²) in [5.41, 5.74) is 17.1. The Morgan fingerprint density at radius 2 is 0.685 bits per heavy atom. The van der Waals surface area contributed by atoms with Crippen molar-refractivity contribution in [2.75, 3.05) is 32.7 Å². The minimum atomic E-state index is 0. The second-order valence-corrected chi connectivity index (χ2v) is 40.0. The fraction of sp³-hybridized carbons (Fsp3) is 0.327. The molecule has 17 nitrogen and oxygen atoms in total. The van der Waals surface area contributed by atoms with E-state index in [9.17, 15) is 15.3 Å². The molecule has 656 valence electrons. The van der Waals surface area contributed by atoms with E-state index in [1.807, 2.05) is 72.1 Å². The summed E-state index contributed by atoms with van der Waals surface area (Å²) >= 11 is 11.0. The summed E-state index contributed by atoms with van der Waals surface area (Å²) in [7, 11) is 0. The van der Waals surface area contributed by atoms with Crippen LogP contribution in [0.1, 0.15) is 145 Å². The number of H-pyrrole nitrogens is 1. The third-order valence-corrected chi connectivity index (χ3v) is 32.3. The first kappa shape index (κ1) is 94.3. The molecule has 11 aromatic carbocycles. The van der Waals surface area contributed by atoms with E-state index in [4.69, 9.17) is 23.7 Å². The van der Waals surface area contributed by atoms with E-state index < -0.39 is 0 Å². The van der Waals surface area contributed by atoms with Gasteiger partial charge in [-0.05, 0) is 259 Å². The number of aldehydes is 1. The Bertz CT molecular complexity index is 5910. The van der Waals surface area contributed by atoms with Crippen molar-refractivity contribution in [3.05, 3.63) is 306 Å². The quantitative estimate of drug-likeness (QED) is 0.0557. The first-order valence-corrected chi connectivity index (χ1v) is 48.8. The third-order valence-electron chi connectivity index (χ3n) is 27.3. The number of nitrogens with one attached hydrogen (secondary N) is 3. The number of benzene rings is 11. The van der Waals surface area contributed by atoms with Crippen LogP contribution in [0.25, 0.3) is 11.4 Å². The Hall–Kier alpha value is -10.3. The SMILES string of the molecule is Brc1ccc2c(c1)Sc1ccccc1N2C1CC2CCC(C1)N2.C.C.N#Cc1ccc2c(c1)Sc1ccccc1N2C1CC2CCC(C1)N2.N#Cc1ccc2c(c1)Sc1ccccc1N2C1CC2CCC(C1)N2CCc1ccccc1.O=CCc1ccccc1.[C-]#N.[C-]#N.[Zn+2].c1ccc(CCN2C3CCC2CC(N2c4ccccc4Sc4cc(-c5nn[nH]n5)ccc42)C3)cc1. The van der Waals surface area contributed by atoms with Crippen LogP contribution < -0.4 is 30.2 Å². The Balaban J connectivity index is 0.000000127. The van der Waals surface area contributed by atoms with Crippen LogP contribution in [0.2, 0.25) is 0 Å². The molecule has 8 unspecified atom stereocenters. The van der Waals surface area contributed by atoms with Crippen molar-refractivity contribution in [2.24, 2.45) is 0 Å². The van der Waals surface area contributed by atoms with Gasteiger partial charge in [-0.15, -0.1) is 10.2 Å². The number of tetrazole rings is 1. The van der Waals surface area contributed by atoms with Gasteiger partial charge >= 0.3 is 19.5 Å². The second kappa shape index (κ2) is 44.3. The minimum Gasteiger partial charge on any atom is -0.512 e. The molecular weight excluding hydrogens is 1800 g/mol. The second-order valence-electron chi connectivity index (χ2n) is 34.7. The number of nitriles is 2. The molecule has 0 amide bonds. The average molecular weight is 1910 g/mol. The van der Waals surface area contributed by atoms with Gasteiger partial charge in [0, 0.05) is 141 Å². The molecule has 12 aromatic rings. The zero-order chi connectivity index (χ0) is 86.7. The van der Waals surface area contributed by atoms with Gasteiger partial charge in [0.05, 0.1) is 68.8 Å². The summed E-state index contributed by atoms with van der Waals surface area (Å²) in [6.07, 6.45) is 24.1. The number of anilines is 8. The molecule has 3 N–H and O–H groups in total. The van der Waals surface area contributed by atoms with Crippen LogP contribution in [0, 0.1) is 46.3 Å². The zero-order valence-corrected chi connectivity index (χ0v) is 79.4. The summed E-state index contributed by atoms with van der Waals surface area (Å²) in [6, 6.07) is 105. The molecule has 8 bridgehead atoms. The smallest absolute Gasteiger partial charge is 0.512 e. The summed E-state index contributed by atoms with van der Waals surface area (Å²) in [4.78, 5) is 36.4. The maximum Gasteiger partial charge on any atom is 2.00 e. The van der Waals surface area contributed by atoms with Crippen LogP contribution in [0.4, 0.5) is 45.5 Å². The number of hydrogen-bond acceptors (Lipinski definition) is 20. The van der Waals surface area contributed by atoms with Gasteiger partial charge in [0.1, 0.15) is 6.29 Å². The third kappa shape index (κ3) is 20.8. The number of piperidine rings is 4. The van der Waals surface area contributed by atoms with Crippen molar-refractivity contribution >= 4 is 115 Å². The fourth-order valence-corrected chi connectivity index (χ4v) is 26.8. The molecule has 1 aromatic heterocycles. The number of rotatable bonds is 13. The molecule has 12 aliphatic rings. The van der Waals surface area contributed by atoms with Gasteiger partial charge in [-0.2, -0.15) is 15.7 Å². The van der Waals surface area contributed by atoms with Crippen molar-refractivity contribution in [3.63, 3.8) is 0 Å². The number of hydrogen-bond donors (Lipinski definition) is 3. The standard InChI is InChI=1S/C28H28N6S.C28H27N3S.C20H19N3S.C19H19BrN2S.C8H8O.2CN.2CH4.Zn/c1-2-6-19(7-3-1)14-15-33-21-11-12-22(33)18-23(17-21)34-24-8-4-5-9-26(24)35-27-16-20(10-13-25(27)34)28-29-31-32-30-28;29-19-21-10-13-26-28(16-21)32-27-9-5-4-8-25(27)31(26)24-17-22-11-12-23(18-24)30(22)15-14-20-6-2-1-3-7-20;21-12-13-5-8-18-20(9-13)24-19-4-2-1-3-17(19)23(18)16-10-14-6-7-15(11-16)22-14;20-12-5-8-17-19(9-12)23-18-4-2-1-3-16(18)22(17)15-10-13-6-7-14(11-15)21-13;9-7-6-8-4-2-1-3-5-8;2*1-2;;;/h1-10,13,16,21-23H,11-12,14-15,17-18H2,(H,29,30,31,32);1-10,13,16,22-24H,11-12,14-15,17-18H2;1-5,8-9,14-16,22H,6-7,10-11H2;1-5,8-9,13-15,21H,6-7,10-11H2;1-5,7H,6H2;;;2*1H4;/q;;;;;2*-1;;;+2. The summed E-state index contributed by atoms with van der Waals surface area (Å²) in [5, 5.41) is 53.4. The number of aromatic nitrogens is 4. The number of carbonyl (C=O) groups is 1. The summed E-state index contributed by atoms with van der Waals surface area (Å²) in [6.45, 7) is 11.8. The van der Waals surface area contributed by atoms with Crippen LogP contribution in [-0.2, 0) is 43.5 Å². The molecule has 13 heterocycles. The number of nitrogens with zero attached hydrogens (tertiary/aromatic N) is 13. The van der Waals surface area contributed by atoms with Gasteiger partial charge in [0.15, 0.2) is 0 Å². The monoisotopic (exact) mass is 1900 g/mol. The van der Waals surface area contributed by atoms with Crippen molar-refractivity contribution in [1.29, 1.82) is 21.0 Å². The maximum absolute atomic E-state index is 9.97. The Labute approximate surface area is 805 Å². The number of aromatic amines is 1. The van der Waals surface area contributed by atoms with Crippen molar-refractivity contribution in [1.82, 2.24) is 41.1 Å². The van der Waals surface area contributed by atoms with Gasteiger partial charge in [0.25, 0.3) is 0 Å². The van der Waals surface area contributed by atoms with Crippen LogP contribution in [0.15, 0.2) is 304 Å². The summed E-state index contributed by atoms with van der Waals surface area (Å²) in [5.74, 6) is 0.642. The molecule has 8 saturated heterocycles. The molecule has 0 radical (unpaired) electrons. The predicted octanol–water partition coefficient (Wildman–Crippen LogP) is 24.8. The van der Waals surface area contributed by atoms with Crippen LogP contribution in [0.3, 0.4) is 0 Å². The number of carbonyl (C=O) groups excluding carboxylic acids is 1. The Morgan fingerprint density at radius 1 is 0.369 bits per heavy atom. The molecule has 12 aliphatic heterocycles. The minimum absolute atomic E-state index is 0. The number of para-hydroxylation sites is 4.